The van der Waals surface area contributed by atoms with Crippen LogP contribution in [0.25, 0.3) is 0 Å². The Bertz CT molecular complexity index is 335. The smallest absolute Gasteiger partial charge is 0.0138 e. The van der Waals surface area contributed by atoms with Crippen molar-refractivity contribution in [3.8, 4) is 0 Å². The van der Waals surface area contributed by atoms with Crippen molar-refractivity contribution < 1.29 is 0 Å². The molecule has 3 rings (SSSR count). The van der Waals surface area contributed by atoms with E-state index in [1.165, 1.54) is 12.8 Å². The fourth-order valence-corrected chi connectivity index (χ4v) is 13.5. The van der Waals surface area contributed by atoms with Crippen molar-refractivity contribution >= 4 is 51.1 Å². The maximum atomic E-state index is 2.49. The predicted molar refractivity (Wildman–Crippen MR) is 79.6 cm³/mol. The van der Waals surface area contributed by atoms with Gasteiger partial charge >= 0.3 is 0 Å². The lowest BCUT2D eigenvalue weighted by Crippen LogP contribution is -2.29. The second kappa shape index (κ2) is 3.74. The minimum atomic E-state index is 0.461. The number of hydrogen-bond donors (Lipinski definition) is 0. The quantitative estimate of drug-likeness (QED) is 0.501. The molecular formula is C10H14S5. The van der Waals surface area contributed by atoms with Gasteiger partial charge in [0.2, 0.25) is 0 Å². The van der Waals surface area contributed by atoms with Crippen molar-refractivity contribution in [3.05, 3.63) is 9.81 Å². The van der Waals surface area contributed by atoms with Crippen molar-refractivity contribution in [2.24, 2.45) is 16.7 Å². The highest BCUT2D eigenvalue weighted by atomic mass is 33.8. The first-order valence-electron chi connectivity index (χ1n) is 5.16. The minimum Gasteiger partial charge on any atom is -0.0584 e. The fourth-order valence-electron chi connectivity index (χ4n) is 3.13. The third-order valence-electron chi connectivity index (χ3n) is 4.56. The molecule has 0 spiro atoms. The van der Waals surface area contributed by atoms with Crippen molar-refractivity contribution in [1.82, 2.24) is 0 Å². The molecule has 0 aromatic carbocycles. The minimum absolute atomic E-state index is 0.461. The lowest BCUT2D eigenvalue weighted by molar-refractivity contribution is 0.178. The number of allylic oxidation sites excluding steroid dienone is 2. The molecule has 0 radical (unpaired) electrons. The molecule has 2 bridgehead atoms. The van der Waals surface area contributed by atoms with Gasteiger partial charge in [0.1, 0.15) is 0 Å². The van der Waals surface area contributed by atoms with Crippen LogP contribution in [0.15, 0.2) is 9.81 Å². The Morgan fingerprint density at radius 3 is 2.60 bits per heavy atom. The summed E-state index contributed by atoms with van der Waals surface area (Å²) in [5, 5.41) is 0. The summed E-state index contributed by atoms with van der Waals surface area (Å²) in [4.78, 5) is 3.41. The predicted octanol–water partition coefficient (Wildman–Crippen LogP) is 5.99. The Morgan fingerprint density at radius 1 is 1.07 bits per heavy atom. The van der Waals surface area contributed by atoms with Gasteiger partial charge in [0.05, 0.1) is 0 Å². The zero-order chi connectivity index (χ0) is 10.7. The Kier molecular flexibility index (Phi) is 2.89. The molecule has 0 N–H and O–H groups in total. The van der Waals surface area contributed by atoms with Crippen LogP contribution in [0, 0.1) is 16.7 Å². The van der Waals surface area contributed by atoms with Gasteiger partial charge in [0.25, 0.3) is 0 Å². The molecule has 2 atom stereocenters. The second-order valence-electron chi connectivity index (χ2n) is 5.21. The van der Waals surface area contributed by atoms with Crippen LogP contribution in [0.3, 0.4) is 0 Å². The summed E-state index contributed by atoms with van der Waals surface area (Å²) in [5.41, 5.74) is 0.948. The number of rotatable bonds is 0. The fraction of sp³-hybridized carbons (Fsp3) is 0.800. The molecular weight excluding hydrogens is 280 g/mol. The van der Waals surface area contributed by atoms with Crippen LogP contribution in [0.1, 0.15) is 33.6 Å². The van der Waals surface area contributed by atoms with E-state index < -0.39 is 0 Å². The molecule has 0 amide bonds. The highest BCUT2D eigenvalue weighted by Crippen LogP contribution is 2.77. The summed E-state index contributed by atoms with van der Waals surface area (Å²) < 4.78 is 0. The Hall–Kier alpha value is 1.49. The van der Waals surface area contributed by atoms with Crippen LogP contribution in [0.2, 0.25) is 0 Å². The standard InChI is InChI=1S/C10H14S5/c1-9(2)6-4-5-10(9,3)8-7(6)11-13-15-14-12-8/h6H,4-5H2,1-3H3. The molecule has 2 aliphatic carbocycles. The van der Waals surface area contributed by atoms with Gasteiger partial charge < -0.3 is 0 Å². The third-order valence-corrected chi connectivity index (χ3v) is 13.5. The number of hydrogen-bond acceptors (Lipinski definition) is 5. The Morgan fingerprint density at radius 2 is 1.80 bits per heavy atom. The van der Waals surface area contributed by atoms with E-state index in [0.717, 1.165) is 5.92 Å². The van der Waals surface area contributed by atoms with Crippen LogP contribution < -0.4 is 0 Å². The van der Waals surface area contributed by atoms with E-state index in [0.29, 0.717) is 10.8 Å². The van der Waals surface area contributed by atoms with E-state index in [9.17, 15) is 0 Å². The Labute approximate surface area is 111 Å². The molecule has 5 heteroatoms. The summed E-state index contributed by atoms with van der Waals surface area (Å²) in [6, 6.07) is 0. The molecule has 1 aliphatic heterocycles. The van der Waals surface area contributed by atoms with Crippen molar-refractivity contribution in [3.63, 3.8) is 0 Å². The van der Waals surface area contributed by atoms with E-state index >= 15 is 0 Å². The second-order valence-corrected chi connectivity index (χ2v) is 12.7. The molecule has 1 heterocycles. The first kappa shape index (κ1) is 11.6. The van der Waals surface area contributed by atoms with Crippen LogP contribution in [0.4, 0.5) is 0 Å². The summed E-state index contributed by atoms with van der Waals surface area (Å²) in [6.07, 6.45) is 2.80. The average Bonchev–Trinajstić information content (AvgIpc) is 2.49. The first-order chi connectivity index (χ1) is 7.07. The van der Waals surface area contributed by atoms with E-state index in [1.807, 2.05) is 51.1 Å². The first-order valence-corrected chi connectivity index (χ1v) is 11.3. The van der Waals surface area contributed by atoms with Crippen molar-refractivity contribution in [1.29, 1.82) is 0 Å². The monoisotopic (exact) mass is 294 g/mol. The zero-order valence-corrected chi connectivity index (χ0v) is 13.1. The van der Waals surface area contributed by atoms with Crippen molar-refractivity contribution in [2.75, 3.05) is 0 Å². The van der Waals surface area contributed by atoms with Gasteiger partial charge in [-0.25, -0.2) is 0 Å². The van der Waals surface area contributed by atoms with Gasteiger partial charge in [0, 0.05) is 15.2 Å². The molecule has 0 aromatic heterocycles. The van der Waals surface area contributed by atoms with Gasteiger partial charge in [-0.1, -0.05) is 20.8 Å². The molecule has 0 saturated heterocycles. The van der Waals surface area contributed by atoms with Crippen LogP contribution in [-0.2, 0) is 0 Å². The maximum absolute atomic E-state index is 2.49. The van der Waals surface area contributed by atoms with Crippen molar-refractivity contribution in [2.45, 2.75) is 33.6 Å². The highest BCUT2D eigenvalue weighted by molar-refractivity contribution is 9.36. The van der Waals surface area contributed by atoms with Gasteiger partial charge in [-0.2, -0.15) is 0 Å². The normalized spacial score (nSPS) is 43.0. The number of fused-ring (bicyclic) bond motifs is 4. The SMILES string of the molecule is CC12CCC(C3=C1SSSSS3)C2(C)C. The van der Waals surface area contributed by atoms with E-state index in [1.54, 1.807) is 9.81 Å². The van der Waals surface area contributed by atoms with Gasteiger partial charge in [0.15, 0.2) is 0 Å². The topological polar surface area (TPSA) is 0 Å². The van der Waals surface area contributed by atoms with E-state index in [-0.39, 0.29) is 0 Å². The summed E-state index contributed by atoms with van der Waals surface area (Å²) >= 11 is 0. The van der Waals surface area contributed by atoms with Gasteiger partial charge in [-0.15, -0.1) is 0 Å². The molecule has 3 aliphatic rings. The Balaban J connectivity index is 2.08. The van der Waals surface area contributed by atoms with Crippen LogP contribution in [-0.4, -0.2) is 0 Å². The highest BCUT2D eigenvalue weighted by Gasteiger charge is 2.61. The lowest BCUT2D eigenvalue weighted by atomic mass is 9.70. The summed E-state index contributed by atoms with van der Waals surface area (Å²) in [7, 11) is 9.89. The zero-order valence-electron chi connectivity index (χ0n) is 9.03. The van der Waals surface area contributed by atoms with E-state index in [4.69, 9.17) is 0 Å². The summed E-state index contributed by atoms with van der Waals surface area (Å²) in [6.45, 7) is 7.44. The van der Waals surface area contributed by atoms with Crippen LogP contribution >= 0.6 is 51.1 Å². The van der Waals surface area contributed by atoms with Crippen LogP contribution in [0.5, 0.6) is 0 Å². The lowest BCUT2D eigenvalue weighted by Gasteiger charge is -2.36. The molecule has 84 valence electrons. The summed E-state index contributed by atoms with van der Waals surface area (Å²) in [5.74, 6) is 0.835. The molecule has 2 unspecified atom stereocenters. The van der Waals surface area contributed by atoms with Gasteiger partial charge in [-0.05, 0) is 75.2 Å². The maximum Gasteiger partial charge on any atom is 0.0138 e. The van der Waals surface area contributed by atoms with E-state index in [2.05, 4.69) is 20.8 Å². The molecule has 0 nitrogen and oxygen atoms in total. The molecule has 1 saturated carbocycles. The molecule has 15 heavy (non-hydrogen) atoms. The third kappa shape index (κ3) is 1.42. The molecule has 0 aromatic rings. The van der Waals surface area contributed by atoms with Gasteiger partial charge in [-0.3, -0.25) is 0 Å². The largest absolute Gasteiger partial charge is 0.0584 e. The molecule has 1 fully saturated rings. The average molecular weight is 295 g/mol.